The van der Waals surface area contributed by atoms with Crippen LogP contribution in [0, 0.1) is 6.92 Å². The van der Waals surface area contributed by atoms with Gasteiger partial charge in [-0.05, 0) is 31.0 Å². The quantitative estimate of drug-likeness (QED) is 0.875. The number of aryl methyl sites for hydroxylation is 1. The van der Waals surface area contributed by atoms with E-state index in [0.717, 1.165) is 11.1 Å². The van der Waals surface area contributed by atoms with Gasteiger partial charge in [-0.25, -0.2) is 0 Å². The predicted octanol–water partition coefficient (Wildman–Crippen LogP) is 2.39. The normalized spacial score (nSPS) is 17.7. The third-order valence-corrected chi connectivity index (χ3v) is 6.25. The average Bonchev–Trinajstić information content (AvgIpc) is 2.61. The lowest BCUT2D eigenvalue weighted by molar-refractivity contribution is -0.116. The van der Waals surface area contributed by atoms with Gasteiger partial charge in [0.05, 0.1) is 6.54 Å². The number of hydrogen-bond donors (Lipinski definition) is 1. The molecule has 0 bridgehead atoms. The van der Waals surface area contributed by atoms with E-state index in [2.05, 4.69) is 5.32 Å². The molecule has 3 rings (SSSR count). The summed E-state index contributed by atoms with van der Waals surface area (Å²) in [5, 5.41) is 2.76. The van der Waals surface area contributed by atoms with Crippen molar-refractivity contribution in [3.8, 4) is 0 Å². The van der Waals surface area contributed by atoms with E-state index in [1.165, 1.54) is 8.61 Å². The lowest BCUT2D eigenvalue weighted by Gasteiger charge is -2.34. The molecule has 1 aliphatic rings. The van der Waals surface area contributed by atoms with E-state index in [4.69, 9.17) is 0 Å². The number of nitrogens with zero attached hydrogens (tertiary/aromatic N) is 2. The van der Waals surface area contributed by atoms with Gasteiger partial charge < -0.3 is 5.32 Å². The van der Waals surface area contributed by atoms with Gasteiger partial charge >= 0.3 is 0 Å². The summed E-state index contributed by atoms with van der Waals surface area (Å²) < 4.78 is 28.3. The van der Waals surface area contributed by atoms with Crippen LogP contribution in [0.5, 0.6) is 0 Å². The first kappa shape index (κ1) is 18.6. The highest BCUT2D eigenvalue weighted by molar-refractivity contribution is 7.86. The zero-order valence-electron chi connectivity index (χ0n) is 14.8. The summed E-state index contributed by atoms with van der Waals surface area (Å²) in [6.45, 7) is 2.93. The SMILES string of the molecule is Cc1ccc(NC(=O)CN2CCCN(Cc3ccccc3)S2(=O)=O)cc1. The van der Waals surface area contributed by atoms with E-state index >= 15 is 0 Å². The summed E-state index contributed by atoms with van der Waals surface area (Å²) in [5.74, 6) is -0.334. The van der Waals surface area contributed by atoms with E-state index in [0.29, 0.717) is 31.7 Å². The van der Waals surface area contributed by atoms with Crippen LogP contribution in [-0.2, 0) is 21.5 Å². The zero-order chi connectivity index (χ0) is 18.6. The smallest absolute Gasteiger partial charge is 0.282 e. The molecule has 0 saturated carbocycles. The fourth-order valence-electron chi connectivity index (χ4n) is 2.92. The molecule has 1 fully saturated rings. The second-order valence-electron chi connectivity index (χ2n) is 6.43. The van der Waals surface area contributed by atoms with Crippen molar-refractivity contribution >= 4 is 21.8 Å². The fraction of sp³-hybridized carbons (Fsp3) is 0.316. The molecule has 0 unspecified atom stereocenters. The van der Waals surface area contributed by atoms with Crippen LogP contribution in [0.15, 0.2) is 54.6 Å². The molecular formula is C19H23N3O3S. The summed E-state index contributed by atoms with van der Waals surface area (Å²) >= 11 is 0. The molecule has 0 aromatic heterocycles. The molecule has 1 N–H and O–H groups in total. The number of benzene rings is 2. The third-order valence-electron chi connectivity index (χ3n) is 4.32. The highest BCUT2D eigenvalue weighted by Gasteiger charge is 2.34. The maximum Gasteiger partial charge on any atom is 0.282 e. The van der Waals surface area contributed by atoms with Crippen LogP contribution in [0.2, 0.25) is 0 Å². The number of hydrogen-bond acceptors (Lipinski definition) is 3. The number of anilines is 1. The Morgan fingerprint density at radius 3 is 2.35 bits per heavy atom. The van der Waals surface area contributed by atoms with E-state index in [1.807, 2.05) is 49.4 Å². The third kappa shape index (κ3) is 4.49. The Morgan fingerprint density at radius 1 is 1.00 bits per heavy atom. The molecule has 7 heteroatoms. The monoisotopic (exact) mass is 373 g/mol. The van der Waals surface area contributed by atoms with Crippen LogP contribution < -0.4 is 5.32 Å². The maximum atomic E-state index is 12.8. The largest absolute Gasteiger partial charge is 0.325 e. The first-order chi connectivity index (χ1) is 12.4. The van der Waals surface area contributed by atoms with Gasteiger partial charge in [0, 0.05) is 25.3 Å². The van der Waals surface area contributed by atoms with Crippen LogP contribution >= 0.6 is 0 Å². The van der Waals surface area contributed by atoms with E-state index in [9.17, 15) is 13.2 Å². The molecule has 2 aromatic rings. The topological polar surface area (TPSA) is 69.7 Å². The number of carbonyl (C=O) groups is 1. The Morgan fingerprint density at radius 2 is 1.65 bits per heavy atom. The van der Waals surface area contributed by atoms with Crippen LogP contribution in [-0.4, -0.2) is 42.6 Å². The van der Waals surface area contributed by atoms with Crippen LogP contribution in [0.3, 0.4) is 0 Å². The van der Waals surface area contributed by atoms with Gasteiger partial charge in [0.1, 0.15) is 0 Å². The van der Waals surface area contributed by atoms with E-state index < -0.39 is 10.2 Å². The zero-order valence-corrected chi connectivity index (χ0v) is 15.6. The van der Waals surface area contributed by atoms with Crippen LogP contribution in [0.4, 0.5) is 5.69 Å². The Balaban J connectivity index is 1.65. The van der Waals surface area contributed by atoms with E-state index in [1.54, 1.807) is 12.1 Å². The van der Waals surface area contributed by atoms with Gasteiger partial charge in [0.2, 0.25) is 5.91 Å². The van der Waals surface area contributed by atoms with Gasteiger partial charge in [0.25, 0.3) is 10.2 Å². The summed E-state index contributed by atoms with van der Waals surface area (Å²) in [6, 6.07) is 16.9. The Hall–Kier alpha value is -2.22. The van der Waals surface area contributed by atoms with Crippen molar-refractivity contribution in [1.82, 2.24) is 8.61 Å². The first-order valence-corrected chi connectivity index (χ1v) is 10.0. The molecule has 0 spiro atoms. The predicted molar refractivity (Wildman–Crippen MR) is 102 cm³/mol. The summed E-state index contributed by atoms with van der Waals surface area (Å²) in [7, 11) is -3.65. The molecule has 26 heavy (non-hydrogen) atoms. The summed E-state index contributed by atoms with van der Waals surface area (Å²) in [4.78, 5) is 12.3. The highest BCUT2D eigenvalue weighted by atomic mass is 32.2. The molecule has 1 amide bonds. The minimum Gasteiger partial charge on any atom is -0.325 e. The molecule has 2 aromatic carbocycles. The number of amides is 1. The Kier molecular flexibility index (Phi) is 5.70. The minimum absolute atomic E-state index is 0.179. The van der Waals surface area contributed by atoms with Crippen molar-refractivity contribution in [2.24, 2.45) is 0 Å². The van der Waals surface area contributed by atoms with Crippen molar-refractivity contribution in [3.63, 3.8) is 0 Å². The molecule has 1 heterocycles. The maximum absolute atomic E-state index is 12.8. The Bertz CT molecular complexity index is 851. The van der Waals surface area contributed by atoms with Crippen molar-refractivity contribution in [2.45, 2.75) is 19.9 Å². The molecular weight excluding hydrogens is 350 g/mol. The molecule has 6 nitrogen and oxygen atoms in total. The minimum atomic E-state index is -3.65. The molecule has 0 atom stereocenters. The molecule has 0 radical (unpaired) electrons. The number of carbonyl (C=O) groups excluding carboxylic acids is 1. The van der Waals surface area contributed by atoms with Crippen LogP contribution in [0.25, 0.3) is 0 Å². The number of nitrogens with one attached hydrogen (secondary N) is 1. The molecule has 1 aliphatic heterocycles. The molecule has 0 aliphatic carbocycles. The molecule has 1 saturated heterocycles. The van der Waals surface area contributed by atoms with Crippen molar-refractivity contribution in [3.05, 3.63) is 65.7 Å². The average molecular weight is 373 g/mol. The van der Waals surface area contributed by atoms with E-state index in [-0.39, 0.29) is 12.5 Å². The molecule has 138 valence electrons. The van der Waals surface area contributed by atoms with Gasteiger partial charge in [0.15, 0.2) is 0 Å². The van der Waals surface area contributed by atoms with Crippen LogP contribution in [0.1, 0.15) is 17.5 Å². The number of rotatable bonds is 5. The lowest BCUT2D eigenvalue weighted by Crippen LogP contribution is -2.51. The fourth-order valence-corrected chi connectivity index (χ4v) is 4.56. The second-order valence-corrected chi connectivity index (χ2v) is 8.36. The van der Waals surface area contributed by atoms with Crippen molar-refractivity contribution in [2.75, 3.05) is 25.0 Å². The standard InChI is InChI=1S/C19H23N3O3S/c1-16-8-10-18(11-9-16)20-19(23)15-22-13-5-12-21(26(22,24)25)14-17-6-3-2-4-7-17/h2-4,6-11H,5,12-15H2,1H3,(H,20,23). The van der Waals surface area contributed by atoms with Gasteiger partial charge in [-0.3, -0.25) is 4.79 Å². The Labute approximate surface area is 154 Å². The van der Waals surface area contributed by atoms with Crippen molar-refractivity contribution < 1.29 is 13.2 Å². The highest BCUT2D eigenvalue weighted by Crippen LogP contribution is 2.19. The van der Waals surface area contributed by atoms with Gasteiger partial charge in [-0.1, -0.05) is 48.0 Å². The van der Waals surface area contributed by atoms with Crippen molar-refractivity contribution in [1.29, 1.82) is 0 Å². The summed E-state index contributed by atoms with van der Waals surface area (Å²) in [5.41, 5.74) is 2.69. The second kappa shape index (κ2) is 7.99. The van der Waals surface area contributed by atoms with Gasteiger partial charge in [-0.15, -0.1) is 0 Å². The lowest BCUT2D eigenvalue weighted by atomic mass is 10.2. The van der Waals surface area contributed by atoms with Gasteiger partial charge in [-0.2, -0.15) is 17.0 Å². The summed E-state index contributed by atoms with van der Waals surface area (Å²) in [6.07, 6.45) is 0.698. The first-order valence-electron chi connectivity index (χ1n) is 8.61.